The fourth-order valence-corrected chi connectivity index (χ4v) is 3.16. The normalized spacial score (nSPS) is 20.4. The average molecular weight is 327 g/mol. The molecule has 0 aromatic carbocycles. The first-order valence-electron chi connectivity index (χ1n) is 8.08. The second kappa shape index (κ2) is 6.82. The van der Waals surface area contributed by atoms with Crippen molar-refractivity contribution in [2.45, 2.75) is 25.8 Å². The summed E-state index contributed by atoms with van der Waals surface area (Å²) in [5, 5.41) is 9.74. The molecular weight excluding hydrogens is 306 g/mol. The van der Waals surface area contributed by atoms with Gasteiger partial charge in [-0.15, -0.1) is 0 Å². The number of aromatic amines is 1. The van der Waals surface area contributed by atoms with Gasteiger partial charge in [-0.3, -0.25) is 19.7 Å². The lowest BCUT2D eigenvalue weighted by Crippen LogP contribution is -2.32. The zero-order valence-electron chi connectivity index (χ0n) is 13.8. The molecular formula is C17H21N5O2. The number of hydrogen-bond donors (Lipinski definition) is 2. The number of rotatable bonds is 5. The third-order valence-electron chi connectivity index (χ3n) is 4.49. The Bertz CT molecular complexity index is 728. The maximum atomic E-state index is 12.2. The van der Waals surface area contributed by atoms with Crippen LogP contribution in [0.4, 0.5) is 0 Å². The molecule has 0 aliphatic carbocycles. The molecule has 7 heteroatoms. The van der Waals surface area contributed by atoms with Crippen LogP contribution in [0.5, 0.6) is 0 Å². The van der Waals surface area contributed by atoms with Gasteiger partial charge in [-0.25, -0.2) is 0 Å². The van der Waals surface area contributed by atoms with E-state index in [2.05, 4.69) is 20.5 Å². The molecule has 1 aliphatic heterocycles. The summed E-state index contributed by atoms with van der Waals surface area (Å²) in [6.07, 6.45) is 4.69. The van der Waals surface area contributed by atoms with Crippen LogP contribution in [0.15, 0.2) is 30.6 Å². The Morgan fingerprint density at radius 3 is 3.00 bits per heavy atom. The summed E-state index contributed by atoms with van der Waals surface area (Å²) in [7, 11) is 1.79. The summed E-state index contributed by atoms with van der Waals surface area (Å²) >= 11 is 0. The number of pyridine rings is 1. The number of carbonyl (C=O) groups is 2. The Labute approximate surface area is 140 Å². The van der Waals surface area contributed by atoms with Crippen LogP contribution >= 0.6 is 0 Å². The molecule has 2 amide bonds. The molecule has 2 aromatic rings. The van der Waals surface area contributed by atoms with E-state index in [1.165, 1.54) is 0 Å². The molecule has 126 valence electrons. The van der Waals surface area contributed by atoms with Gasteiger partial charge in [-0.2, -0.15) is 5.10 Å². The maximum absolute atomic E-state index is 12.2. The monoisotopic (exact) mass is 327 g/mol. The molecule has 3 rings (SSSR count). The maximum Gasteiger partial charge on any atom is 0.271 e. The first kappa shape index (κ1) is 16.2. The van der Waals surface area contributed by atoms with Crippen molar-refractivity contribution in [3.63, 3.8) is 0 Å². The minimum atomic E-state index is -0.224. The number of hydrogen-bond acceptors (Lipinski definition) is 4. The van der Waals surface area contributed by atoms with Crippen LogP contribution in [0.2, 0.25) is 0 Å². The molecule has 0 bridgehead atoms. The molecule has 2 aromatic heterocycles. The Balaban J connectivity index is 1.69. The van der Waals surface area contributed by atoms with Gasteiger partial charge in [0.2, 0.25) is 5.91 Å². The number of aromatic nitrogens is 3. The van der Waals surface area contributed by atoms with E-state index in [-0.39, 0.29) is 23.8 Å². The quantitative estimate of drug-likeness (QED) is 0.866. The van der Waals surface area contributed by atoms with E-state index in [0.29, 0.717) is 18.7 Å². The predicted molar refractivity (Wildman–Crippen MR) is 88.2 cm³/mol. The number of nitrogens with zero attached hydrogens (tertiary/aromatic N) is 3. The molecule has 0 radical (unpaired) electrons. The van der Waals surface area contributed by atoms with E-state index in [9.17, 15) is 9.59 Å². The van der Waals surface area contributed by atoms with Crippen molar-refractivity contribution in [2.24, 2.45) is 5.92 Å². The molecule has 7 nitrogen and oxygen atoms in total. The number of aryl methyl sites for hydroxylation is 1. The van der Waals surface area contributed by atoms with Gasteiger partial charge in [0.15, 0.2) is 0 Å². The van der Waals surface area contributed by atoms with Gasteiger partial charge in [-0.05, 0) is 24.1 Å². The van der Waals surface area contributed by atoms with Crippen LogP contribution in [0, 0.1) is 5.92 Å². The second-order valence-electron chi connectivity index (χ2n) is 6.04. The summed E-state index contributed by atoms with van der Waals surface area (Å²) in [5.74, 6) is -0.130. The molecule has 2 atom stereocenters. The van der Waals surface area contributed by atoms with Crippen molar-refractivity contribution in [1.29, 1.82) is 0 Å². The third kappa shape index (κ3) is 3.15. The molecule has 1 fully saturated rings. The SMILES string of the molecule is CCc1cc(C(=O)NC[C@@H]2CC(=O)N(C)[C@H]2c2cccnc2)n[nH]1. The van der Waals surface area contributed by atoms with Crippen molar-refractivity contribution in [2.75, 3.05) is 13.6 Å². The number of carbonyl (C=O) groups excluding carboxylic acids is 2. The highest BCUT2D eigenvalue weighted by molar-refractivity contribution is 5.92. The largest absolute Gasteiger partial charge is 0.350 e. The Morgan fingerprint density at radius 1 is 1.50 bits per heavy atom. The van der Waals surface area contributed by atoms with Crippen LogP contribution in [0.25, 0.3) is 0 Å². The molecule has 0 unspecified atom stereocenters. The van der Waals surface area contributed by atoms with Gasteiger partial charge in [0.05, 0.1) is 6.04 Å². The van der Waals surface area contributed by atoms with E-state index >= 15 is 0 Å². The highest BCUT2D eigenvalue weighted by Gasteiger charge is 2.38. The van der Waals surface area contributed by atoms with Crippen molar-refractivity contribution < 1.29 is 9.59 Å². The molecule has 0 spiro atoms. The van der Waals surface area contributed by atoms with Crippen molar-refractivity contribution in [3.05, 3.63) is 47.5 Å². The summed E-state index contributed by atoms with van der Waals surface area (Å²) in [5.41, 5.74) is 2.28. The van der Waals surface area contributed by atoms with Crippen LogP contribution < -0.4 is 5.32 Å². The smallest absolute Gasteiger partial charge is 0.271 e. The van der Waals surface area contributed by atoms with E-state index in [1.54, 1.807) is 30.4 Å². The Kier molecular flexibility index (Phi) is 4.59. The molecule has 1 saturated heterocycles. The lowest BCUT2D eigenvalue weighted by molar-refractivity contribution is -0.127. The number of amides is 2. The highest BCUT2D eigenvalue weighted by Crippen LogP contribution is 2.36. The van der Waals surface area contributed by atoms with Gasteiger partial charge >= 0.3 is 0 Å². The number of likely N-dealkylation sites (tertiary alicyclic amines) is 1. The molecule has 24 heavy (non-hydrogen) atoms. The molecule has 2 N–H and O–H groups in total. The molecule has 1 aliphatic rings. The predicted octanol–water partition coefficient (Wildman–Crippen LogP) is 1.32. The fourth-order valence-electron chi connectivity index (χ4n) is 3.16. The van der Waals surface area contributed by atoms with Crippen LogP contribution in [0.3, 0.4) is 0 Å². The number of nitrogens with one attached hydrogen (secondary N) is 2. The van der Waals surface area contributed by atoms with Gasteiger partial charge in [0.25, 0.3) is 5.91 Å². The van der Waals surface area contributed by atoms with Gasteiger partial charge in [0, 0.05) is 44.0 Å². The standard InChI is InChI=1S/C17H21N5O2/c1-3-13-8-14(21-20-13)17(24)19-10-12-7-15(23)22(2)16(12)11-5-4-6-18-9-11/h4-6,8-9,12,16H,3,7,10H2,1-2H3,(H,19,24)(H,20,21)/t12-,16-/m0/s1. The molecule has 0 saturated carbocycles. The van der Waals surface area contributed by atoms with Crippen molar-refractivity contribution in [3.8, 4) is 0 Å². The van der Waals surface area contributed by atoms with Crippen LogP contribution in [-0.4, -0.2) is 45.5 Å². The first-order valence-corrected chi connectivity index (χ1v) is 8.08. The van der Waals surface area contributed by atoms with E-state index in [0.717, 1.165) is 17.7 Å². The Morgan fingerprint density at radius 2 is 2.33 bits per heavy atom. The lowest BCUT2D eigenvalue weighted by Gasteiger charge is -2.25. The summed E-state index contributed by atoms with van der Waals surface area (Å²) in [4.78, 5) is 30.2. The van der Waals surface area contributed by atoms with Crippen LogP contribution in [-0.2, 0) is 11.2 Å². The zero-order chi connectivity index (χ0) is 17.1. The van der Waals surface area contributed by atoms with E-state index < -0.39 is 0 Å². The van der Waals surface area contributed by atoms with Crippen LogP contribution in [0.1, 0.15) is 41.1 Å². The van der Waals surface area contributed by atoms with E-state index in [1.807, 2.05) is 19.1 Å². The van der Waals surface area contributed by atoms with Gasteiger partial charge in [0.1, 0.15) is 5.69 Å². The van der Waals surface area contributed by atoms with Crippen molar-refractivity contribution in [1.82, 2.24) is 25.4 Å². The highest BCUT2D eigenvalue weighted by atomic mass is 16.2. The minimum absolute atomic E-state index is 0.0141. The second-order valence-corrected chi connectivity index (χ2v) is 6.04. The summed E-state index contributed by atoms with van der Waals surface area (Å²) in [6.45, 7) is 2.41. The Hall–Kier alpha value is -2.70. The van der Waals surface area contributed by atoms with Crippen molar-refractivity contribution >= 4 is 11.8 Å². The average Bonchev–Trinajstić information content (AvgIpc) is 3.19. The third-order valence-corrected chi connectivity index (χ3v) is 4.49. The van der Waals surface area contributed by atoms with Gasteiger partial charge in [-0.1, -0.05) is 13.0 Å². The van der Waals surface area contributed by atoms with E-state index in [4.69, 9.17) is 0 Å². The van der Waals surface area contributed by atoms with Gasteiger partial charge < -0.3 is 10.2 Å². The number of H-pyrrole nitrogens is 1. The lowest BCUT2D eigenvalue weighted by atomic mass is 9.94. The summed E-state index contributed by atoms with van der Waals surface area (Å²) in [6, 6.07) is 5.50. The minimum Gasteiger partial charge on any atom is -0.350 e. The fraction of sp³-hybridized carbons (Fsp3) is 0.412. The molecule has 3 heterocycles. The summed E-state index contributed by atoms with van der Waals surface area (Å²) < 4.78 is 0. The first-order chi connectivity index (χ1) is 11.6. The topological polar surface area (TPSA) is 91.0 Å². The zero-order valence-corrected chi connectivity index (χ0v) is 13.8.